The van der Waals surface area contributed by atoms with Gasteiger partial charge >= 0.3 is 0 Å². The predicted molar refractivity (Wildman–Crippen MR) is 122 cm³/mol. The summed E-state index contributed by atoms with van der Waals surface area (Å²) in [5, 5.41) is 4.76. The standard InChI is InChI=1S/C25H30FN3O3/c1-5-23-22(17-28(15-16-31-4)24(30)18(2)3)25(32-21-9-7-6-8-10-21)29(27-23)20-13-11-19(26)12-14-20/h6-14,18H,5,15-17H2,1-4H3. The number of amides is 1. The minimum absolute atomic E-state index is 0.0318. The van der Waals surface area contributed by atoms with Crippen molar-refractivity contribution in [1.29, 1.82) is 0 Å². The number of hydrogen-bond donors (Lipinski definition) is 0. The molecular weight excluding hydrogens is 409 g/mol. The zero-order valence-corrected chi connectivity index (χ0v) is 19.0. The first-order chi connectivity index (χ1) is 15.4. The van der Waals surface area contributed by atoms with E-state index in [0.29, 0.717) is 43.4 Å². The Morgan fingerprint density at radius 1 is 1.12 bits per heavy atom. The number of nitrogens with zero attached hydrogens (tertiary/aromatic N) is 3. The van der Waals surface area contributed by atoms with Crippen LogP contribution in [0.5, 0.6) is 11.6 Å². The van der Waals surface area contributed by atoms with E-state index in [4.69, 9.17) is 14.6 Å². The zero-order valence-electron chi connectivity index (χ0n) is 19.0. The highest BCUT2D eigenvalue weighted by atomic mass is 19.1. The molecule has 0 saturated carbocycles. The van der Waals surface area contributed by atoms with Crippen LogP contribution in [0.2, 0.25) is 0 Å². The number of hydrogen-bond acceptors (Lipinski definition) is 4. The summed E-state index contributed by atoms with van der Waals surface area (Å²) in [6, 6.07) is 15.5. The molecule has 0 saturated heterocycles. The Bertz CT molecular complexity index is 1020. The van der Waals surface area contributed by atoms with Crippen LogP contribution in [0.1, 0.15) is 32.0 Å². The summed E-state index contributed by atoms with van der Waals surface area (Å²) in [5.41, 5.74) is 2.32. The van der Waals surface area contributed by atoms with Crippen molar-refractivity contribution in [3.63, 3.8) is 0 Å². The van der Waals surface area contributed by atoms with Gasteiger partial charge in [0.05, 0.1) is 30.1 Å². The smallest absolute Gasteiger partial charge is 0.227 e. The maximum absolute atomic E-state index is 13.5. The first-order valence-corrected chi connectivity index (χ1v) is 10.8. The molecule has 0 spiro atoms. The molecule has 3 rings (SSSR count). The maximum Gasteiger partial charge on any atom is 0.227 e. The third kappa shape index (κ3) is 5.53. The lowest BCUT2D eigenvalue weighted by atomic mass is 10.1. The van der Waals surface area contributed by atoms with Crippen LogP contribution < -0.4 is 4.74 Å². The number of benzene rings is 2. The van der Waals surface area contributed by atoms with Crippen molar-refractivity contribution >= 4 is 5.91 Å². The second kappa shape index (κ2) is 10.9. The fourth-order valence-electron chi connectivity index (χ4n) is 3.41. The molecule has 2 aromatic carbocycles. The SMILES string of the molecule is CCc1nn(-c2ccc(F)cc2)c(Oc2ccccc2)c1CN(CCOC)C(=O)C(C)C. The molecule has 3 aromatic rings. The Kier molecular flexibility index (Phi) is 8.00. The van der Waals surface area contributed by atoms with Gasteiger partial charge in [-0.1, -0.05) is 39.0 Å². The van der Waals surface area contributed by atoms with E-state index < -0.39 is 0 Å². The minimum atomic E-state index is -0.323. The second-order valence-corrected chi connectivity index (χ2v) is 7.79. The van der Waals surface area contributed by atoms with Gasteiger partial charge in [0.25, 0.3) is 0 Å². The van der Waals surface area contributed by atoms with E-state index in [1.54, 1.807) is 28.8 Å². The highest BCUT2D eigenvalue weighted by molar-refractivity contribution is 5.78. The highest BCUT2D eigenvalue weighted by Gasteiger charge is 2.25. The van der Waals surface area contributed by atoms with Crippen molar-refractivity contribution in [2.24, 2.45) is 5.92 Å². The number of aryl methyl sites for hydroxylation is 1. The van der Waals surface area contributed by atoms with Crippen molar-refractivity contribution in [2.45, 2.75) is 33.7 Å². The van der Waals surface area contributed by atoms with Gasteiger partial charge in [-0.15, -0.1) is 0 Å². The lowest BCUT2D eigenvalue weighted by Gasteiger charge is -2.25. The quantitative estimate of drug-likeness (QED) is 0.446. The number of aromatic nitrogens is 2. The molecule has 0 aliphatic heterocycles. The summed E-state index contributed by atoms with van der Waals surface area (Å²) < 4.78 is 26.7. The third-order valence-electron chi connectivity index (χ3n) is 5.10. The molecule has 170 valence electrons. The lowest BCUT2D eigenvalue weighted by Crippen LogP contribution is -2.36. The van der Waals surface area contributed by atoms with Gasteiger partial charge in [-0.05, 0) is 42.8 Å². The van der Waals surface area contributed by atoms with Crippen molar-refractivity contribution in [3.8, 4) is 17.3 Å². The number of methoxy groups -OCH3 is 1. The van der Waals surface area contributed by atoms with Crippen LogP contribution in [0.25, 0.3) is 5.69 Å². The summed E-state index contributed by atoms with van der Waals surface area (Å²) >= 11 is 0. The number of carbonyl (C=O) groups is 1. The zero-order chi connectivity index (χ0) is 23.1. The van der Waals surface area contributed by atoms with Gasteiger partial charge in [0, 0.05) is 19.6 Å². The summed E-state index contributed by atoms with van der Waals surface area (Å²) in [4.78, 5) is 14.7. The molecule has 0 bridgehead atoms. The highest BCUT2D eigenvalue weighted by Crippen LogP contribution is 2.32. The number of para-hydroxylation sites is 1. The van der Waals surface area contributed by atoms with E-state index in [1.165, 1.54) is 12.1 Å². The number of carbonyl (C=O) groups excluding carboxylic acids is 1. The lowest BCUT2D eigenvalue weighted by molar-refractivity contribution is -0.135. The van der Waals surface area contributed by atoms with Gasteiger partial charge < -0.3 is 14.4 Å². The van der Waals surface area contributed by atoms with Gasteiger partial charge in [-0.2, -0.15) is 5.10 Å². The molecule has 32 heavy (non-hydrogen) atoms. The molecule has 0 radical (unpaired) electrons. The second-order valence-electron chi connectivity index (χ2n) is 7.79. The van der Waals surface area contributed by atoms with Crippen LogP contribution >= 0.6 is 0 Å². The van der Waals surface area contributed by atoms with E-state index >= 15 is 0 Å². The van der Waals surface area contributed by atoms with Gasteiger partial charge in [0.2, 0.25) is 11.8 Å². The topological polar surface area (TPSA) is 56.6 Å². The Hall–Kier alpha value is -3.19. The van der Waals surface area contributed by atoms with Gasteiger partial charge in [0.1, 0.15) is 11.6 Å². The Morgan fingerprint density at radius 2 is 1.81 bits per heavy atom. The van der Waals surface area contributed by atoms with Crippen LogP contribution in [0.15, 0.2) is 54.6 Å². The van der Waals surface area contributed by atoms with Crippen LogP contribution in [-0.2, 0) is 22.5 Å². The first kappa shape index (κ1) is 23.5. The molecule has 0 N–H and O–H groups in total. The fourth-order valence-corrected chi connectivity index (χ4v) is 3.41. The number of halogens is 1. The maximum atomic E-state index is 13.5. The summed E-state index contributed by atoms with van der Waals surface area (Å²) in [6.45, 7) is 7.01. The first-order valence-electron chi connectivity index (χ1n) is 10.8. The molecule has 0 aliphatic rings. The van der Waals surface area contributed by atoms with Crippen LogP contribution in [0, 0.1) is 11.7 Å². The molecule has 0 aliphatic carbocycles. The summed E-state index contributed by atoms with van der Waals surface area (Å²) in [6.07, 6.45) is 0.655. The van der Waals surface area contributed by atoms with E-state index in [0.717, 1.165) is 11.3 Å². The summed E-state index contributed by atoms with van der Waals surface area (Å²) in [5.74, 6) is 0.722. The average molecular weight is 440 g/mol. The normalized spacial score (nSPS) is 11.1. The van der Waals surface area contributed by atoms with Crippen LogP contribution in [0.3, 0.4) is 0 Å². The largest absolute Gasteiger partial charge is 0.439 e. The molecule has 1 aromatic heterocycles. The molecule has 7 heteroatoms. The van der Waals surface area contributed by atoms with Gasteiger partial charge in [-0.3, -0.25) is 4.79 Å². The molecule has 0 atom stereocenters. The molecule has 0 unspecified atom stereocenters. The minimum Gasteiger partial charge on any atom is -0.439 e. The molecule has 0 fully saturated rings. The third-order valence-corrected chi connectivity index (χ3v) is 5.10. The molecule has 1 amide bonds. The van der Waals surface area contributed by atoms with Crippen LogP contribution in [-0.4, -0.2) is 40.8 Å². The average Bonchev–Trinajstić information content (AvgIpc) is 3.14. The predicted octanol–water partition coefficient (Wildman–Crippen LogP) is 5.00. The van der Waals surface area contributed by atoms with E-state index in [2.05, 4.69) is 0 Å². The van der Waals surface area contributed by atoms with E-state index in [9.17, 15) is 9.18 Å². The van der Waals surface area contributed by atoms with Gasteiger partial charge in [0.15, 0.2) is 0 Å². The molecule has 1 heterocycles. The summed E-state index contributed by atoms with van der Waals surface area (Å²) in [7, 11) is 1.62. The molecule has 6 nitrogen and oxygen atoms in total. The Balaban J connectivity index is 2.09. The van der Waals surface area contributed by atoms with Crippen LogP contribution in [0.4, 0.5) is 4.39 Å². The molecular formula is C25H30FN3O3. The van der Waals surface area contributed by atoms with Crippen molar-refractivity contribution in [2.75, 3.05) is 20.3 Å². The van der Waals surface area contributed by atoms with Crippen molar-refractivity contribution in [3.05, 3.63) is 71.7 Å². The Morgan fingerprint density at radius 3 is 2.41 bits per heavy atom. The number of rotatable bonds is 10. The number of ether oxygens (including phenoxy) is 2. The fraction of sp³-hybridized carbons (Fsp3) is 0.360. The van der Waals surface area contributed by atoms with Crippen molar-refractivity contribution in [1.82, 2.24) is 14.7 Å². The van der Waals surface area contributed by atoms with Crippen molar-refractivity contribution < 1.29 is 18.7 Å². The van der Waals surface area contributed by atoms with E-state index in [-0.39, 0.29) is 17.6 Å². The van der Waals surface area contributed by atoms with Gasteiger partial charge in [-0.25, -0.2) is 9.07 Å². The van der Waals surface area contributed by atoms with E-state index in [1.807, 2.05) is 51.1 Å². The monoisotopic (exact) mass is 439 g/mol. The Labute approximate surface area is 188 Å².